The number of carbonyl (C=O) groups is 11. The first-order chi connectivity index (χ1) is 37.4. The van der Waals surface area contributed by atoms with E-state index in [4.69, 9.17) is 25.7 Å². The Hall–Kier alpha value is -8.55. The molecule has 0 aliphatic rings. The average molecular weight is 1120 g/mol. The third kappa shape index (κ3) is 21.4. The summed E-state index contributed by atoms with van der Waals surface area (Å²) in [4.78, 5) is 146. The van der Waals surface area contributed by atoms with Gasteiger partial charge in [0.05, 0.1) is 32.4 Å². The van der Waals surface area contributed by atoms with Crippen LogP contribution in [-0.4, -0.2) is 131 Å². The molecule has 0 radical (unpaired) electrons. The first-order valence-corrected chi connectivity index (χ1v) is 25.4. The summed E-state index contributed by atoms with van der Waals surface area (Å²) in [5, 5.41) is 23.3. The highest BCUT2D eigenvalue weighted by Gasteiger charge is 2.41. The Bertz CT molecular complexity index is 2580. The molecule has 8 amide bonds. The van der Waals surface area contributed by atoms with Gasteiger partial charge in [-0.15, -0.1) is 6.58 Å². The highest BCUT2D eigenvalue weighted by Crippen LogP contribution is 2.36. The second-order valence-corrected chi connectivity index (χ2v) is 20.5. The number of hydrazine groups is 1. The molecule has 6 atom stereocenters. The monoisotopic (exact) mass is 1110 g/mol. The standard InChI is InChI=1S/C55H74N10O15/c1-10-28-78-54(57,27-26-43(68)69)51(77)63-38(29-41(66)64-65-55(35-20-14-11-15-21-35,36-22-16-12-17-23-36)37-24-18-13-19-25-37)48(74)58-32-42(67)61-39(30-44(70)79-52(4,5)6)49(75)60-34(3)47(73)62-40(31-45(71)80-53(7,8)9)50(76)59-33(2)46(56)72/h10-25,33-34,38-40,65H,1,26-32,57H2,2-9H3,(H2,56,72)(H,58,74)(H,59,76)(H,60,75)(H,61,67)(H,62,73)(H,63,77)(H,64,66)(H,68,69)/t33-,34+,38+,39-,40-,54+/m0/s1. The van der Waals surface area contributed by atoms with E-state index in [1.165, 1.54) is 19.9 Å². The van der Waals surface area contributed by atoms with E-state index in [-0.39, 0.29) is 6.61 Å². The van der Waals surface area contributed by atoms with Crippen molar-refractivity contribution in [2.24, 2.45) is 11.5 Å². The van der Waals surface area contributed by atoms with Gasteiger partial charge in [0.2, 0.25) is 41.4 Å². The Balaban J connectivity index is 1.94. The average Bonchev–Trinajstić information content (AvgIpc) is 3.38. The van der Waals surface area contributed by atoms with E-state index in [9.17, 15) is 57.8 Å². The van der Waals surface area contributed by atoms with Crippen LogP contribution in [0.2, 0.25) is 0 Å². The number of benzene rings is 3. The number of amides is 8. The zero-order valence-corrected chi connectivity index (χ0v) is 46.1. The normalized spacial score (nSPS) is 14.1. The van der Waals surface area contributed by atoms with Crippen molar-refractivity contribution in [3.05, 3.63) is 120 Å². The summed E-state index contributed by atoms with van der Waals surface area (Å²) in [6.45, 7) is 14.0. The second-order valence-electron chi connectivity index (χ2n) is 20.5. The molecule has 0 aliphatic carbocycles. The molecule has 80 heavy (non-hydrogen) atoms. The van der Waals surface area contributed by atoms with Crippen molar-refractivity contribution >= 4 is 65.2 Å². The lowest BCUT2D eigenvalue weighted by atomic mass is 9.77. The van der Waals surface area contributed by atoms with E-state index in [0.29, 0.717) is 16.7 Å². The molecule has 3 aromatic rings. The minimum atomic E-state index is -2.38. The maximum atomic E-state index is 14.2. The summed E-state index contributed by atoms with van der Waals surface area (Å²) in [5.74, 6) is -11.7. The first kappa shape index (κ1) is 65.7. The molecule has 3 rings (SSSR count). The lowest BCUT2D eigenvalue weighted by molar-refractivity contribution is -0.157. The van der Waals surface area contributed by atoms with Gasteiger partial charge in [-0.2, -0.15) is 0 Å². The molecule has 0 heterocycles. The van der Waals surface area contributed by atoms with Crippen LogP contribution in [0.3, 0.4) is 0 Å². The van der Waals surface area contributed by atoms with Gasteiger partial charge in [-0.3, -0.25) is 63.9 Å². The third-order valence-corrected chi connectivity index (χ3v) is 11.4. The molecule has 434 valence electrons. The summed E-state index contributed by atoms with van der Waals surface area (Å²) in [6.07, 6.45) is -2.40. The summed E-state index contributed by atoms with van der Waals surface area (Å²) in [6, 6.07) is 19.3. The van der Waals surface area contributed by atoms with E-state index >= 15 is 0 Å². The van der Waals surface area contributed by atoms with Crippen molar-refractivity contribution in [3.63, 3.8) is 0 Å². The lowest BCUT2D eigenvalue weighted by Crippen LogP contribution is -2.62. The van der Waals surface area contributed by atoms with Crippen LogP contribution in [0.1, 0.15) is 104 Å². The van der Waals surface area contributed by atoms with Crippen LogP contribution in [0.5, 0.6) is 0 Å². The highest BCUT2D eigenvalue weighted by atomic mass is 16.6. The van der Waals surface area contributed by atoms with E-state index in [0.717, 1.165) is 0 Å². The Morgan fingerprint density at radius 1 is 0.588 bits per heavy atom. The van der Waals surface area contributed by atoms with Gasteiger partial charge in [0.25, 0.3) is 5.91 Å². The van der Waals surface area contributed by atoms with Crippen LogP contribution in [0.4, 0.5) is 0 Å². The Morgan fingerprint density at radius 2 is 1.02 bits per heavy atom. The number of rotatable bonds is 30. The molecular weight excluding hydrogens is 1040 g/mol. The van der Waals surface area contributed by atoms with E-state index in [2.05, 4.69) is 49.3 Å². The van der Waals surface area contributed by atoms with Crippen molar-refractivity contribution in [3.8, 4) is 0 Å². The van der Waals surface area contributed by atoms with Crippen LogP contribution in [-0.2, 0) is 72.5 Å². The number of hydrogen-bond acceptors (Lipinski definition) is 16. The van der Waals surface area contributed by atoms with Gasteiger partial charge >= 0.3 is 17.9 Å². The van der Waals surface area contributed by atoms with Gasteiger partial charge in [0, 0.05) is 12.8 Å². The number of aliphatic carboxylic acids is 1. The molecule has 13 N–H and O–H groups in total. The van der Waals surface area contributed by atoms with Crippen LogP contribution in [0.15, 0.2) is 104 Å². The number of hydrogen-bond donors (Lipinski definition) is 11. The van der Waals surface area contributed by atoms with E-state index in [1.54, 1.807) is 41.5 Å². The smallest absolute Gasteiger partial charge is 0.308 e. The molecule has 0 saturated heterocycles. The molecule has 0 unspecified atom stereocenters. The van der Waals surface area contributed by atoms with Gasteiger partial charge in [0.15, 0.2) is 5.72 Å². The molecule has 0 aromatic heterocycles. The van der Waals surface area contributed by atoms with Crippen LogP contribution in [0, 0.1) is 0 Å². The predicted molar refractivity (Wildman–Crippen MR) is 289 cm³/mol. The van der Waals surface area contributed by atoms with Crippen LogP contribution in [0.25, 0.3) is 0 Å². The Labute approximate surface area is 463 Å². The summed E-state index contributed by atoms with van der Waals surface area (Å²) in [7, 11) is 0. The third-order valence-electron chi connectivity index (χ3n) is 11.4. The SMILES string of the molecule is C=CCO[C@](N)(CCC(=O)O)C(=O)N[C@H](CC(=O)NNC(c1ccccc1)(c1ccccc1)c1ccccc1)C(=O)NCC(=O)N[C@@H](CC(=O)OC(C)(C)C)C(=O)N[C@H](C)C(=O)N[C@@H](CC(=O)OC(C)(C)C)C(=O)N[C@@H](C)C(N)=O. The number of carboxylic acids is 1. The topological polar surface area (TPSA) is 384 Å². The summed E-state index contributed by atoms with van der Waals surface area (Å²) < 4.78 is 16.2. The predicted octanol–water partition coefficient (Wildman–Crippen LogP) is 0.241. The quantitative estimate of drug-likeness (QED) is 0.0140. The highest BCUT2D eigenvalue weighted by molar-refractivity contribution is 5.99. The molecule has 0 bridgehead atoms. The van der Waals surface area contributed by atoms with Gasteiger partial charge in [-0.1, -0.05) is 97.1 Å². The summed E-state index contributed by atoms with van der Waals surface area (Å²) in [5.41, 5.74) is 13.8. The first-order valence-electron chi connectivity index (χ1n) is 25.4. The maximum absolute atomic E-state index is 14.2. The largest absolute Gasteiger partial charge is 0.481 e. The van der Waals surface area contributed by atoms with Crippen molar-refractivity contribution in [2.45, 2.75) is 140 Å². The lowest BCUT2D eigenvalue weighted by Gasteiger charge is -2.37. The molecule has 25 nitrogen and oxygen atoms in total. The molecule has 3 aromatic carbocycles. The number of ether oxygens (including phenoxy) is 3. The zero-order valence-electron chi connectivity index (χ0n) is 46.1. The van der Waals surface area contributed by atoms with E-state index in [1.807, 2.05) is 91.0 Å². The van der Waals surface area contributed by atoms with Gasteiger partial charge in [-0.05, 0) is 72.1 Å². The fourth-order valence-electron chi connectivity index (χ4n) is 7.54. The molecule has 25 heteroatoms. The number of carboxylic acid groups (broad SMARTS) is 1. The second kappa shape index (κ2) is 30.0. The fraction of sp³-hybridized carbons (Fsp3) is 0.436. The number of carbonyl (C=O) groups excluding carboxylic acids is 10. The number of nitrogens with two attached hydrogens (primary N) is 2. The number of primary amides is 1. The van der Waals surface area contributed by atoms with Gasteiger partial charge < -0.3 is 57.0 Å². The van der Waals surface area contributed by atoms with Crippen molar-refractivity contribution in [2.75, 3.05) is 13.2 Å². The number of nitrogens with one attached hydrogen (secondary N) is 8. The molecular formula is C55H74N10O15. The zero-order chi connectivity index (χ0) is 60.0. The maximum Gasteiger partial charge on any atom is 0.308 e. The van der Waals surface area contributed by atoms with Gasteiger partial charge in [0.1, 0.15) is 47.0 Å². The summed E-state index contributed by atoms with van der Waals surface area (Å²) >= 11 is 0. The molecule has 0 spiro atoms. The fourth-order valence-corrected chi connectivity index (χ4v) is 7.54. The minimum Gasteiger partial charge on any atom is -0.481 e. The van der Waals surface area contributed by atoms with E-state index < -0.39 is 156 Å². The van der Waals surface area contributed by atoms with Crippen molar-refractivity contribution in [1.82, 2.24) is 42.8 Å². The van der Waals surface area contributed by atoms with Crippen molar-refractivity contribution < 1.29 is 72.1 Å². The van der Waals surface area contributed by atoms with Crippen molar-refractivity contribution in [1.29, 1.82) is 0 Å². The Kier molecular flexibility index (Phi) is 24.6. The van der Waals surface area contributed by atoms with Gasteiger partial charge in [-0.25, -0.2) is 5.43 Å². The Morgan fingerprint density at radius 3 is 1.45 bits per heavy atom. The minimum absolute atomic E-state index is 0.337. The molecule has 0 saturated carbocycles. The number of esters is 2. The van der Waals surface area contributed by atoms with Crippen LogP contribution >= 0.6 is 0 Å². The molecule has 0 fully saturated rings. The van der Waals surface area contributed by atoms with Crippen LogP contribution < -0.4 is 54.2 Å². The molecule has 0 aliphatic heterocycles.